The van der Waals surface area contributed by atoms with E-state index in [9.17, 15) is 14.0 Å². The largest absolute Gasteiger partial charge is 0.279 e. The number of rotatable bonds is 4. The maximum atomic E-state index is 13.4. The molecule has 0 saturated heterocycles. The number of carbonyl (C=O) groups excluding carboxylic acids is 2. The number of aryl methyl sites for hydroxylation is 2. The van der Waals surface area contributed by atoms with Crippen LogP contribution in [0, 0.1) is 12.7 Å². The van der Waals surface area contributed by atoms with Gasteiger partial charge in [-0.15, -0.1) is 11.3 Å². The summed E-state index contributed by atoms with van der Waals surface area (Å²) in [5, 5.41) is 0. The zero-order valence-electron chi connectivity index (χ0n) is 12.4. The van der Waals surface area contributed by atoms with E-state index in [1.165, 1.54) is 23.5 Å². The maximum Gasteiger partial charge on any atom is 0.279 e. The van der Waals surface area contributed by atoms with Gasteiger partial charge in [0.1, 0.15) is 5.82 Å². The molecule has 0 bridgehead atoms. The smallest absolute Gasteiger partial charge is 0.273 e. The SMILES string of the molecule is CCc1sc(C(=O)NNC(=O)Cc2ccccc2F)cc1C. The van der Waals surface area contributed by atoms with E-state index in [-0.39, 0.29) is 17.9 Å². The fourth-order valence-electron chi connectivity index (χ4n) is 2.03. The molecule has 2 rings (SSSR count). The Bertz CT molecular complexity index is 697. The van der Waals surface area contributed by atoms with Gasteiger partial charge in [0, 0.05) is 4.88 Å². The van der Waals surface area contributed by atoms with Gasteiger partial charge in [0.15, 0.2) is 0 Å². The minimum absolute atomic E-state index is 0.128. The lowest BCUT2D eigenvalue weighted by molar-refractivity contribution is -0.121. The van der Waals surface area contributed by atoms with Gasteiger partial charge in [-0.2, -0.15) is 0 Å². The zero-order chi connectivity index (χ0) is 16.1. The molecule has 1 heterocycles. The highest BCUT2D eigenvalue weighted by Gasteiger charge is 2.13. The standard InChI is InChI=1S/C16H17FN2O2S/c1-3-13-10(2)8-14(22-13)16(21)19-18-15(20)9-11-6-4-5-7-12(11)17/h4-8H,3,9H2,1-2H3,(H,18,20)(H,19,21). The highest BCUT2D eigenvalue weighted by atomic mass is 32.1. The highest BCUT2D eigenvalue weighted by Crippen LogP contribution is 2.21. The van der Waals surface area contributed by atoms with Crippen molar-refractivity contribution in [3.63, 3.8) is 0 Å². The normalized spacial score (nSPS) is 10.3. The Kier molecular flexibility index (Phi) is 5.27. The molecule has 2 N–H and O–H groups in total. The molecule has 0 aliphatic heterocycles. The Morgan fingerprint density at radius 1 is 1.23 bits per heavy atom. The molecular formula is C16H17FN2O2S. The molecule has 0 unspecified atom stereocenters. The zero-order valence-corrected chi connectivity index (χ0v) is 13.2. The average Bonchev–Trinajstić information content (AvgIpc) is 2.88. The van der Waals surface area contributed by atoms with Gasteiger partial charge in [0.25, 0.3) is 5.91 Å². The summed E-state index contributed by atoms with van der Waals surface area (Å²) in [5.41, 5.74) is 6.01. The van der Waals surface area contributed by atoms with Crippen LogP contribution in [0.1, 0.15) is 32.6 Å². The van der Waals surface area contributed by atoms with Crippen molar-refractivity contribution in [3.05, 3.63) is 57.0 Å². The predicted molar refractivity (Wildman–Crippen MR) is 84.1 cm³/mol. The van der Waals surface area contributed by atoms with E-state index < -0.39 is 11.7 Å². The van der Waals surface area contributed by atoms with Crippen molar-refractivity contribution in [2.45, 2.75) is 26.7 Å². The quantitative estimate of drug-likeness (QED) is 0.851. The number of thiophene rings is 1. The topological polar surface area (TPSA) is 58.2 Å². The molecule has 2 amide bonds. The van der Waals surface area contributed by atoms with Crippen LogP contribution in [0.4, 0.5) is 4.39 Å². The summed E-state index contributed by atoms with van der Waals surface area (Å²) in [6, 6.07) is 7.84. The van der Waals surface area contributed by atoms with Gasteiger partial charge in [-0.1, -0.05) is 25.1 Å². The number of benzene rings is 1. The first kappa shape index (κ1) is 16.2. The average molecular weight is 320 g/mol. The van der Waals surface area contributed by atoms with Crippen molar-refractivity contribution in [1.82, 2.24) is 10.9 Å². The van der Waals surface area contributed by atoms with Crippen molar-refractivity contribution in [3.8, 4) is 0 Å². The third kappa shape index (κ3) is 3.92. The fourth-order valence-corrected chi connectivity index (χ4v) is 3.04. The van der Waals surface area contributed by atoms with Gasteiger partial charge in [0.2, 0.25) is 5.91 Å². The molecule has 0 aliphatic rings. The lowest BCUT2D eigenvalue weighted by Crippen LogP contribution is -2.42. The van der Waals surface area contributed by atoms with E-state index in [2.05, 4.69) is 10.9 Å². The van der Waals surface area contributed by atoms with Crippen LogP contribution in [-0.2, 0) is 17.6 Å². The Morgan fingerprint density at radius 3 is 2.59 bits per heavy atom. The number of carbonyl (C=O) groups is 2. The Balaban J connectivity index is 1.90. The van der Waals surface area contributed by atoms with Gasteiger partial charge in [-0.25, -0.2) is 4.39 Å². The lowest BCUT2D eigenvalue weighted by atomic mass is 10.1. The van der Waals surface area contributed by atoms with Crippen LogP contribution in [-0.4, -0.2) is 11.8 Å². The van der Waals surface area contributed by atoms with Crippen LogP contribution < -0.4 is 10.9 Å². The first-order valence-electron chi connectivity index (χ1n) is 6.93. The number of hydrazine groups is 1. The summed E-state index contributed by atoms with van der Waals surface area (Å²) >= 11 is 1.40. The van der Waals surface area contributed by atoms with E-state index in [1.807, 2.05) is 13.8 Å². The fraction of sp³-hybridized carbons (Fsp3) is 0.250. The molecule has 2 aromatic rings. The minimum atomic E-state index is -0.470. The number of amides is 2. The van der Waals surface area contributed by atoms with Crippen LogP contribution in [0.5, 0.6) is 0 Å². The third-order valence-corrected chi connectivity index (χ3v) is 4.57. The van der Waals surface area contributed by atoms with Gasteiger partial charge in [-0.3, -0.25) is 20.4 Å². The first-order chi connectivity index (χ1) is 10.5. The molecule has 22 heavy (non-hydrogen) atoms. The monoisotopic (exact) mass is 320 g/mol. The van der Waals surface area contributed by atoms with E-state index in [0.717, 1.165) is 16.9 Å². The molecule has 1 aromatic carbocycles. The van der Waals surface area contributed by atoms with Crippen LogP contribution in [0.25, 0.3) is 0 Å². The maximum absolute atomic E-state index is 13.4. The second-order valence-electron chi connectivity index (χ2n) is 4.84. The van der Waals surface area contributed by atoms with E-state index in [0.29, 0.717) is 4.88 Å². The van der Waals surface area contributed by atoms with Gasteiger partial charge in [0.05, 0.1) is 11.3 Å². The molecule has 0 spiro atoms. The van der Waals surface area contributed by atoms with Crippen LogP contribution in [0.15, 0.2) is 30.3 Å². The molecular weight excluding hydrogens is 303 g/mol. The highest BCUT2D eigenvalue weighted by molar-refractivity contribution is 7.14. The van der Waals surface area contributed by atoms with E-state index in [1.54, 1.807) is 18.2 Å². The molecule has 0 fully saturated rings. The van der Waals surface area contributed by atoms with Crippen molar-refractivity contribution in [2.24, 2.45) is 0 Å². The molecule has 6 heteroatoms. The number of halogens is 1. The van der Waals surface area contributed by atoms with E-state index in [4.69, 9.17) is 0 Å². The molecule has 0 saturated carbocycles. The molecule has 0 atom stereocenters. The van der Waals surface area contributed by atoms with Gasteiger partial charge < -0.3 is 0 Å². The summed E-state index contributed by atoms with van der Waals surface area (Å²) in [4.78, 5) is 25.4. The molecule has 1 aromatic heterocycles. The third-order valence-electron chi connectivity index (χ3n) is 3.19. The van der Waals surface area contributed by atoms with Crippen LogP contribution in [0.3, 0.4) is 0 Å². The Labute approximate surface area is 132 Å². The minimum Gasteiger partial charge on any atom is -0.273 e. The van der Waals surface area contributed by atoms with E-state index >= 15 is 0 Å². The van der Waals surface area contributed by atoms with Gasteiger partial charge >= 0.3 is 0 Å². The number of hydrogen-bond acceptors (Lipinski definition) is 3. The second kappa shape index (κ2) is 7.17. The first-order valence-corrected chi connectivity index (χ1v) is 7.74. The molecule has 116 valence electrons. The van der Waals surface area contributed by atoms with Crippen molar-refractivity contribution < 1.29 is 14.0 Å². The molecule has 0 aliphatic carbocycles. The van der Waals surface area contributed by atoms with Crippen LogP contribution in [0.2, 0.25) is 0 Å². The predicted octanol–water partition coefficient (Wildman–Crippen LogP) is 2.76. The molecule has 0 radical (unpaired) electrons. The summed E-state index contributed by atoms with van der Waals surface area (Å²) in [7, 11) is 0. The van der Waals surface area contributed by atoms with Gasteiger partial charge in [-0.05, 0) is 36.6 Å². The number of hydrogen-bond donors (Lipinski definition) is 2. The van der Waals surface area contributed by atoms with Crippen molar-refractivity contribution in [1.29, 1.82) is 0 Å². The number of nitrogens with one attached hydrogen (secondary N) is 2. The van der Waals surface area contributed by atoms with Crippen LogP contribution >= 0.6 is 11.3 Å². The Morgan fingerprint density at radius 2 is 1.95 bits per heavy atom. The summed E-state index contributed by atoms with van der Waals surface area (Å²) in [5.74, 6) is -1.28. The Hall–Kier alpha value is -2.21. The van der Waals surface area contributed by atoms with Crippen molar-refractivity contribution in [2.75, 3.05) is 0 Å². The lowest BCUT2D eigenvalue weighted by Gasteiger charge is -2.06. The summed E-state index contributed by atoms with van der Waals surface area (Å²) in [6.07, 6.45) is 0.736. The molecule has 4 nitrogen and oxygen atoms in total. The summed E-state index contributed by atoms with van der Waals surface area (Å²) in [6.45, 7) is 3.97. The van der Waals surface area contributed by atoms with Crippen molar-refractivity contribution >= 4 is 23.2 Å². The second-order valence-corrected chi connectivity index (χ2v) is 5.98. The summed E-state index contributed by atoms with van der Waals surface area (Å²) < 4.78 is 13.4.